The van der Waals surface area contributed by atoms with Crippen LogP contribution in [-0.2, 0) is 4.79 Å². The molecule has 124 valence electrons. The number of amides is 1. The van der Waals surface area contributed by atoms with Crippen molar-refractivity contribution >= 4 is 23.4 Å². The Labute approximate surface area is 147 Å². The van der Waals surface area contributed by atoms with E-state index in [2.05, 4.69) is 6.07 Å². The van der Waals surface area contributed by atoms with Gasteiger partial charge in [-0.25, -0.2) is 0 Å². The van der Waals surface area contributed by atoms with Gasteiger partial charge in [-0.15, -0.1) is 11.8 Å². The van der Waals surface area contributed by atoms with Crippen molar-refractivity contribution in [3.63, 3.8) is 0 Å². The highest BCUT2D eigenvalue weighted by molar-refractivity contribution is 8.00. The summed E-state index contributed by atoms with van der Waals surface area (Å²) in [5, 5.41) is 8.61. The van der Waals surface area contributed by atoms with Gasteiger partial charge in [0.15, 0.2) is 0 Å². The van der Waals surface area contributed by atoms with Crippen LogP contribution in [0.2, 0.25) is 0 Å². The van der Waals surface area contributed by atoms with Crippen molar-refractivity contribution in [2.45, 2.75) is 23.5 Å². The van der Waals surface area contributed by atoms with E-state index < -0.39 is 0 Å². The normalized spacial score (nSPS) is 11.4. The van der Waals surface area contributed by atoms with Gasteiger partial charge in [-0.1, -0.05) is 18.2 Å². The summed E-state index contributed by atoms with van der Waals surface area (Å²) in [6.45, 7) is 2.28. The maximum atomic E-state index is 12.8. The van der Waals surface area contributed by atoms with Gasteiger partial charge in [-0.05, 0) is 43.3 Å². The van der Waals surface area contributed by atoms with Crippen LogP contribution in [0.15, 0.2) is 59.5 Å². The number of methoxy groups -OCH3 is 1. The summed E-state index contributed by atoms with van der Waals surface area (Å²) in [7, 11) is 1.63. The third-order valence-electron chi connectivity index (χ3n) is 3.50. The molecule has 0 bridgehead atoms. The SMILES string of the molecule is COc1ccc(SC(C)C(=O)N(CCC#N)c2ccccc2)cc1. The van der Waals surface area contributed by atoms with E-state index in [0.717, 1.165) is 16.3 Å². The van der Waals surface area contributed by atoms with E-state index in [0.29, 0.717) is 13.0 Å². The van der Waals surface area contributed by atoms with Crippen LogP contribution >= 0.6 is 11.8 Å². The number of thioether (sulfide) groups is 1. The Kier molecular flexibility index (Phi) is 6.71. The molecule has 1 atom stereocenters. The Morgan fingerprint density at radius 2 is 1.88 bits per heavy atom. The van der Waals surface area contributed by atoms with Gasteiger partial charge in [0.05, 0.1) is 24.8 Å². The van der Waals surface area contributed by atoms with Crippen molar-refractivity contribution in [3.05, 3.63) is 54.6 Å². The number of carbonyl (C=O) groups excluding carboxylic acids is 1. The van der Waals surface area contributed by atoms with Crippen LogP contribution in [0.3, 0.4) is 0 Å². The molecule has 1 unspecified atom stereocenters. The molecule has 4 nitrogen and oxygen atoms in total. The number of nitrogens with zero attached hydrogens (tertiary/aromatic N) is 2. The van der Waals surface area contributed by atoms with Crippen molar-refractivity contribution in [3.8, 4) is 11.8 Å². The number of benzene rings is 2. The Morgan fingerprint density at radius 1 is 1.21 bits per heavy atom. The number of rotatable bonds is 7. The number of nitriles is 1. The van der Waals surface area contributed by atoms with Gasteiger partial charge in [0.1, 0.15) is 5.75 Å². The monoisotopic (exact) mass is 340 g/mol. The van der Waals surface area contributed by atoms with E-state index in [-0.39, 0.29) is 11.2 Å². The zero-order chi connectivity index (χ0) is 17.4. The Balaban J connectivity index is 2.11. The van der Waals surface area contributed by atoms with Crippen LogP contribution < -0.4 is 9.64 Å². The molecule has 0 radical (unpaired) electrons. The van der Waals surface area contributed by atoms with Gasteiger partial charge in [-0.3, -0.25) is 4.79 Å². The van der Waals surface area contributed by atoms with Crippen LogP contribution in [0.4, 0.5) is 5.69 Å². The average molecular weight is 340 g/mol. The molecular formula is C19H20N2O2S. The molecule has 0 aliphatic rings. The molecule has 0 spiro atoms. The largest absolute Gasteiger partial charge is 0.497 e. The molecule has 0 heterocycles. The summed E-state index contributed by atoms with van der Waals surface area (Å²) in [5.41, 5.74) is 0.819. The van der Waals surface area contributed by atoms with Gasteiger partial charge >= 0.3 is 0 Å². The lowest BCUT2D eigenvalue weighted by Crippen LogP contribution is -2.37. The fourth-order valence-corrected chi connectivity index (χ4v) is 3.19. The molecule has 2 rings (SSSR count). The fraction of sp³-hybridized carbons (Fsp3) is 0.263. The lowest BCUT2D eigenvalue weighted by molar-refractivity contribution is -0.117. The third kappa shape index (κ3) is 4.77. The molecule has 24 heavy (non-hydrogen) atoms. The second-order valence-electron chi connectivity index (χ2n) is 5.17. The highest BCUT2D eigenvalue weighted by Crippen LogP contribution is 2.27. The van der Waals surface area contributed by atoms with Crippen molar-refractivity contribution in [1.82, 2.24) is 0 Å². The van der Waals surface area contributed by atoms with Crippen LogP contribution in [0.25, 0.3) is 0 Å². The summed E-state index contributed by atoms with van der Waals surface area (Å²) in [5.74, 6) is 0.788. The Hall–Kier alpha value is -2.45. The van der Waals surface area contributed by atoms with E-state index in [1.807, 2.05) is 61.5 Å². The number of hydrogen-bond donors (Lipinski definition) is 0. The predicted molar refractivity (Wildman–Crippen MR) is 97.3 cm³/mol. The highest BCUT2D eigenvalue weighted by Gasteiger charge is 2.22. The van der Waals surface area contributed by atoms with Crippen LogP contribution in [0, 0.1) is 11.3 Å². The van der Waals surface area contributed by atoms with Crippen molar-refractivity contribution in [2.24, 2.45) is 0 Å². The molecule has 1 amide bonds. The number of anilines is 1. The summed E-state index contributed by atoms with van der Waals surface area (Å²) in [6, 6.07) is 19.2. The average Bonchev–Trinajstić information content (AvgIpc) is 2.63. The lowest BCUT2D eigenvalue weighted by Gasteiger charge is -2.25. The molecule has 0 aliphatic carbocycles. The maximum Gasteiger partial charge on any atom is 0.240 e. The molecule has 0 N–H and O–H groups in total. The Morgan fingerprint density at radius 3 is 2.46 bits per heavy atom. The molecule has 2 aromatic rings. The first-order chi connectivity index (χ1) is 11.7. The number of para-hydroxylation sites is 1. The van der Waals surface area contributed by atoms with E-state index in [9.17, 15) is 4.79 Å². The maximum absolute atomic E-state index is 12.8. The highest BCUT2D eigenvalue weighted by atomic mass is 32.2. The molecule has 0 saturated heterocycles. The standard InChI is InChI=1S/C19H20N2O2S/c1-15(24-18-11-9-17(23-2)10-12-18)19(22)21(14-6-13-20)16-7-4-3-5-8-16/h3-5,7-12,15H,6,14H2,1-2H3. The minimum absolute atomic E-state index is 0.00253. The third-order valence-corrected chi connectivity index (χ3v) is 4.60. The Bertz CT molecular complexity index is 696. The molecule has 0 fully saturated rings. The topological polar surface area (TPSA) is 53.3 Å². The zero-order valence-corrected chi connectivity index (χ0v) is 14.6. The van der Waals surface area contributed by atoms with E-state index in [1.54, 1.807) is 12.0 Å². The van der Waals surface area contributed by atoms with Crippen molar-refractivity contribution in [2.75, 3.05) is 18.6 Å². The minimum Gasteiger partial charge on any atom is -0.497 e. The van der Waals surface area contributed by atoms with E-state index in [4.69, 9.17) is 10.00 Å². The van der Waals surface area contributed by atoms with Crippen molar-refractivity contribution < 1.29 is 9.53 Å². The minimum atomic E-state index is -0.253. The van der Waals surface area contributed by atoms with Gasteiger partial charge in [0, 0.05) is 17.1 Å². The second kappa shape index (κ2) is 8.99. The number of ether oxygens (including phenoxy) is 1. The van der Waals surface area contributed by atoms with Crippen molar-refractivity contribution in [1.29, 1.82) is 5.26 Å². The van der Waals surface area contributed by atoms with E-state index >= 15 is 0 Å². The predicted octanol–water partition coefficient (Wildman–Crippen LogP) is 4.12. The number of carbonyl (C=O) groups is 1. The molecule has 0 aromatic heterocycles. The molecule has 0 aliphatic heterocycles. The molecule has 5 heteroatoms. The van der Waals surface area contributed by atoms with Crippen LogP contribution in [0.5, 0.6) is 5.75 Å². The number of hydrogen-bond acceptors (Lipinski definition) is 4. The van der Waals surface area contributed by atoms with Crippen LogP contribution in [0.1, 0.15) is 13.3 Å². The van der Waals surface area contributed by atoms with Crippen LogP contribution in [-0.4, -0.2) is 24.8 Å². The summed E-state index contributed by atoms with van der Waals surface area (Å²) in [6.07, 6.45) is 0.306. The first-order valence-corrected chi connectivity index (χ1v) is 8.57. The molecule has 0 saturated carbocycles. The summed E-state index contributed by atoms with van der Waals surface area (Å²) < 4.78 is 5.15. The van der Waals surface area contributed by atoms with Gasteiger partial charge in [0.25, 0.3) is 0 Å². The molecular weight excluding hydrogens is 320 g/mol. The summed E-state index contributed by atoms with van der Waals surface area (Å²) >= 11 is 1.50. The van der Waals surface area contributed by atoms with Gasteiger partial charge in [0.2, 0.25) is 5.91 Å². The summed E-state index contributed by atoms with van der Waals surface area (Å²) in [4.78, 5) is 15.5. The smallest absolute Gasteiger partial charge is 0.240 e. The lowest BCUT2D eigenvalue weighted by atomic mass is 10.2. The first kappa shape index (κ1) is 17.9. The van der Waals surface area contributed by atoms with Gasteiger partial charge < -0.3 is 9.64 Å². The zero-order valence-electron chi connectivity index (χ0n) is 13.8. The van der Waals surface area contributed by atoms with E-state index in [1.165, 1.54) is 11.8 Å². The second-order valence-corrected chi connectivity index (χ2v) is 6.58. The first-order valence-electron chi connectivity index (χ1n) is 7.70. The fourth-order valence-electron chi connectivity index (χ4n) is 2.26. The quantitative estimate of drug-likeness (QED) is 0.711. The van der Waals surface area contributed by atoms with Gasteiger partial charge in [-0.2, -0.15) is 5.26 Å². The molecule has 2 aromatic carbocycles.